The van der Waals surface area contributed by atoms with Gasteiger partial charge < -0.3 is 9.84 Å². The van der Waals surface area contributed by atoms with Crippen LogP contribution >= 0.6 is 0 Å². The normalized spacial score (nSPS) is 11.8. The van der Waals surface area contributed by atoms with E-state index in [2.05, 4.69) is 4.72 Å². The van der Waals surface area contributed by atoms with Gasteiger partial charge in [-0.2, -0.15) is 0 Å². The van der Waals surface area contributed by atoms with Crippen LogP contribution < -0.4 is 9.46 Å². The van der Waals surface area contributed by atoms with Crippen LogP contribution in [0.5, 0.6) is 5.75 Å². The lowest BCUT2D eigenvalue weighted by Crippen LogP contribution is -2.30. The highest BCUT2D eigenvalue weighted by Crippen LogP contribution is 2.22. The molecule has 0 aromatic heterocycles. The Kier molecular flexibility index (Phi) is 4.50. The third-order valence-corrected chi connectivity index (χ3v) is 3.79. The van der Waals surface area contributed by atoms with Crippen molar-refractivity contribution in [1.29, 1.82) is 0 Å². The van der Waals surface area contributed by atoms with Crippen molar-refractivity contribution in [3.63, 3.8) is 0 Å². The minimum absolute atomic E-state index is 0.125. The van der Waals surface area contributed by atoms with Crippen LogP contribution in [0.4, 0.5) is 0 Å². The first-order valence-corrected chi connectivity index (χ1v) is 6.69. The maximum atomic E-state index is 11.9. The first kappa shape index (κ1) is 14.0. The van der Waals surface area contributed by atoms with Gasteiger partial charge in [-0.05, 0) is 19.9 Å². The van der Waals surface area contributed by atoms with Crippen molar-refractivity contribution in [2.45, 2.75) is 31.4 Å². The van der Waals surface area contributed by atoms with Gasteiger partial charge in [0.25, 0.3) is 0 Å². The van der Waals surface area contributed by atoms with Gasteiger partial charge in [-0.15, -0.1) is 0 Å². The SMILES string of the molecule is COc1cc(S(=O)(=O)NC(C)C)ccc1CO. The molecule has 0 aliphatic rings. The Bertz CT molecular complexity index is 482. The molecule has 0 amide bonds. The van der Waals surface area contributed by atoms with Gasteiger partial charge in [0.05, 0.1) is 18.6 Å². The van der Waals surface area contributed by atoms with E-state index in [1.54, 1.807) is 13.8 Å². The molecule has 0 saturated carbocycles. The van der Waals surface area contributed by atoms with Gasteiger partial charge in [-0.25, -0.2) is 13.1 Å². The average molecular weight is 259 g/mol. The topological polar surface area (TPSA) is 75.6 Å². The average Bonchev–Trinajstić information content (AvgIpc) is 2.26. The number of ether oxygens (including phenoxy) is 1. The number of aliphatic hydroxyl groups excluding tert-OH is 1. The van der Waals surface area contributed by atoms with Crippen LogP contribution in [0.1, 0.15) is 19.4 Å². The summed E-state index contributed by atoms with van der Waals surface area (Å²) in [6.07, 6.45) is 0. The van der Waals surface area contributed by atoms with E-state index in [4.69, 9.17) is 9.84 Å². The molecule has 0 fully saturated rings. The molecule has 1 aromatic rings. The first-order valence-electron chi connectivity index (χ1n) is 5.21. The predicted molar refractivity (Wildman–Crippen MR) is 64.4 cm³/mol. The Morgan fingerprint density at radius 3 is 2.53 bits per heavy atom. The molecule has 0 bridgehead atoms. The van der Waals surface area contributed by atoms with E-state index in [1.165, 1.54) is 25.3 Å². The maximum Gasteiger partial charge on any atom is 0.240 e. The largest absolute Gasteiger partial charge is 0.496 e. The molecule has 96 valence electrons. The fourth-order valence-corrected chi connectivity index (χ4v) is 2.67. The van der Waals surface area contributed by atoms with Crippen LogP contribution in [-0.2, 0) is 16.6 Å². The monoisotopic (exact) mass is 259 g/mol. The summed E-state index contributed by atoms with van der Waals surface area (Å²) in [4.78, 5) is 0.125. The zero-order valence-corrected chi connectivity index (χ0v) is 10.9. The maximum absolute atomic E-state index is 11.9. The van der Waals surface area contributed by atoms with Crippen molar-refractivity contribution in [3.05, 3.63) is 23.8 Å². The first-order chi connectivity index (χ1) is 7.90. The number of nitrogens with one attached hydrogen (secondary N) is 1. The molecule has 5 nitrogen and oxygen atoms in total. The molecular weight excluding hydrogens is 242 g/mol. The number of sulfonamides is 1. The molecule has 0 atom stereocenters. The van der Waals surface area contributed by atoms with Crippen LogP contribution in [0.25, 0.3) is 0 Å². The molecule has 0 saturated heterocycles. The summed E-state index contributed by atoms with van der Waals surface area (Å²) in [5.41, 5.74) is 0.552. The second-order valence-corrected chi connectivity index (χ2v) is 5.62. The van der Waals surface area contributed by atoms with E-state index in [1.807, 2.05) is 0 Å². The molecule has 0 spiro atoms. The Morgan fingerprint density at radius 2 is 2.06 bits per heavy atom. The number of hydrogen-bond donors (Lipinski definition) is 2. The van der Waals surface area contributed by atoms with E-state index >= 15 is 0 Å². The van der Waals surface area contributed by atoms with Crippen LogP contribution in [0, 0.1) is 0 Å². The molecule has 2 N–H and O–H groups in total. The van der Waals surface area contributed by atoms with E-state index in [0.717, 1.165) is 0 Å². The fraction of sp³-hybridized carbons (Fsp3) is 0.455. The Hall–Kier alpha value is -1.11. The smallest absolute Gasteiger partial charge is 0.240 e. The van der Waals surface area contributed by atoms with E-state index < -0.39 is 10.0 Å². The number of hydrogen-bond acceptors (Lipinski definition) is 4. The third-order valence-electron chi connectivity index (χ3n) is 2.13. The van der Waals surface area contributed by atoms with E-state index in [-0.39, 0.29) is 17.5 Å². The summed E-state index contributed by atoms with van der Waals surface area (Å²) in [5.74, 6) is 0.360. The van der Waals surface area contributed by atoms with Gasteiger partial charge in [0.1, 0.15) is 5.75 Å². The number of benzene rings is 1. The summed E-state index contributed by atoms with van der Waals surface area (Å²) in [6.45, 7) is 3.30. The zero-order chi connectivity index (χ0) is 13.1. The Morgan fingerprint density at radius 1 is 1.41 bits per heavy atom. The fourth-order valence-electron chi connectivity index (χ4n) is 1.40. The van der Waals surface area contributed by atoms with Crippen molar-refractivity contribution >= 4 is 10.0 Å². The summed E-state index contributed by atoms with van der Waals surface area (Å²) in [6, 6.07) is 4.20. The van der Waals surface area contributed by atoms with Crippen LogP contribution in [0.15, 0.2) is 23.1 Å². The molecule has 0 aliphatic heterocycles. The van der Waals surface area contributed by atoms with Crippen molar-refractivity contribution in [3.8, 4) is 5.75 Å². The standard InChI is InChI=1S/C11H17NO4S/c1-8(2)12-17(14,15)10-5-4-9(7-13)11(6-10)16-3/h4-6,8,12-13H,7H2,1-3H3. The minimum Gasteiger partial charge on any atom is -0.496 e. The highest BCUT2D eigenvalue weighted by Gasteiger charge is 2.17. The lowest BCUT2D eigenvalue weighted by atomic mass is 10.2. The van der Waals surface area contributed by atoms with Gasteiger partial charge in [0.15, 0.2) is 0 Å². The number of methoxy groups -OCH3 is 1. The van der Waals surface area contributed by atoms with Crippen molar-refractivity contribution in [2.24, 2.45) is 0 Å². The molecule has 0 radical (unpaired) electrons. The molecule has 0 aliphatic carbocycles. The number of rotatable bonds is 5. The second kappa shape index (κ2) is 5.48. The Balaban J connectivity index is 3.16. The van der Waals surface area contributed by atoms with Gasteiger partial charge in [-0.3, -0.25) is 0 Å². The lowest BCUT2D eigenvalue weighted by Gasteiger charge is -2.12. The van der Waals surface area contributed by atoms with Crippen molar-refractivity contribution < 1.29 is 18.3 Å². The zero-order valence-electron chi connectivity index (χ0n) is 10.1. The summed E-state index contributed by atoms with van der Waals surface area (Å²) < 4.78 is 31.3. The highest BCUT2D eigenvalue weighted by atomic mass is 32.2. The predicted octanol–water partition coefficient (Wildman–Crippen LogP) is 0.874. The quantitative estimate of drug-likeness (QED) is 0.823. The minimum atomic E-state index is -3.53. The summed E-state index contributed by atoms with van der Waals surface area (Å²) in [7, 11) is -2.10. The molecule has 6 heteroatoms. The van der Waals surface area contributed by atoms with E-state index in [9.17, 15) is 8.42 Å². The lowest BCUT2D eigenvalue weighted by molar-refractivity contribution is 0.273. The molecular formula is C11H17NO4S. The number of aliphatic hydroxyl groups is 1. The molecule has 0 unspecified atom stereocenters. The van der Waals surface area contributed by atoms with Crippen molar-refractivity contribution in [1.82, 2.24) is 4.72 Å². The van der Waals surface area contributed by atoms with Crippen LogP contribution in [0.3, 0.4) is 0 Å². The van der Waals surface area contributed by atoms with E-state index in [0.29, 0.717) is 11.3 Å². The summed E-state index contributed by atoms with van der Waals surface area (Å²) >= 11 is 0. The van der Waals surface area contributed by atoms with Crippen LogP contribution in [0.2, 0.25) is 0 Å². The molecule has 1 aromatic carbocycles. The highest BCUT2D eigenvalue weighted by molar-refractivity contribution is 7.89. The Labute approximate surface area is 101 Å². The molecule has 0 heterocycles. The van der Waals surface area contributed by atoms with Gasteiger partial charge in [-0.1, -0.05) is 6.07 Å². The van der Waals surface area contributed by atoms with Gasteiger partial charge >= 0.3 is 0 Å². The van der Waals surface area contributed by atoms with Gasteiger partial charge in [0, 0.05) is 17.7 Å². The van der Waals surface area contributed by atoms with Crippen molar-refractivity contribution in [2.75, 3.05) is 7.11 Å². The third kappa shape index (κ3) is 3.42. The molecule has 17 heavy (non-hydrogen) atoms. The van der Waals surface area contributed by atoms with Crippen LogP contribution in [-0.4, -0.2) is 26.7 Å². The summed E-state index contributed by atoms with van der Waals surface area (Å²) in [5, 5.41) is 9.04. The van der Waals surface area contributed by atoms with Gasteiger partial charge in [0.2, 0.25) is 10.0 Å². The molecule has 1 rings (SSSR count). The second-order valence-electron chi connectivity index (χ2n) is 3.91.